The Hall–Kier alpha value is -6.65. The number of rotatable bonds is 5. The Labute approximate surface area is 282 Å². The van der Waals surface area contributed by atoms with Crippen LogP contribution in [0.3, 0.4) is 0 Å². The standard InChI is InChI=1S/C45H27N3O/c1-3-12-28(13-4-1)43-46-44(29-14-5-2-6-15-29)48-45(47-43)33-19-8-17-31(27-33)30-16-7-18-32(26-30)34-20-9-21-35-36-22-10-24-38-41(36)42-37(40(34)35)23-11-25-39(42)49-38/h1-27H. The van der Waals surface area contributed by atoms with Crippen molar-refractivity contribution in [2.45, 2.75) is 0 Å². The van der Waals surface area contributed by atoms with Gasteiger partial charge in [-0.25, -0.2) is 15.0 Å². The molecule has 0 aliphatic rings. The van der Waals surface area contributed by atoms with Crippen LogP contribution in [0.2, 0.25) is 0 Å². The summed E-state index contributed by atoms with van der Waals surface area (Å²) in [4.78, 5) is 14.8. The SMILES string of the molecule is c1ccc(-c2nc(-c3ccccc3)nc(-c3cccc(-c4cccc(-c5cccc6c7cccc8oc9cccc(c56)c9c87)c4)c3)n2)cc1. The molecule has 2 heterocycles. The predicted molar refractivity (Wildman–Crippen MR) is 200 cm³/mol. The second-order valence-electron chi connectivity index (χ2n) is 12.4. The quantitative estimate of drug-likeness (QED) is 0.179. The Bertz CT molecular complexity index is 2760. The van der Waals surface area contributed by atoms with Gasteiger partial charge < -0.3 is 4.42 Å². The largest absolute Gasteiger partial charge is 0.456 e. The zero-order valence-electron chi connectivity index (χ0n) is 26.3. The van der Waals surface area contributed by atoms with E-state index in [1.165, 1.54) is 37.9 Å². The molecule has 2 aromatic heterocycles. The van der Waals surface area contributed by atoms with E-state index in [4.69, 9.17) is 19.4 Å². The van der Waals surface area contributed by atoms with Gasteiger partial charge >= 0.3 is 0 Å². The fraction of sp³-hybridized carbons (Fsp3) is 0. The first kappa shape index (κ1) is 27.5. The van der Waals surface area contributed by atoms with Gasteiger partial charge in [0.25, 0.3) is 0 Å². The Morgan fingerprint density at radius 1 is 0.306 bits per heavy atom. The van der Waals surface area contributed by atoms with Crippen molar-refractivity contribution in [2.24, 2.45) is 0 Å². The average molecular weight is 626 g/mol. The van der Waals surface area contributed by atoms with Crippen LogP contribution in [-0.4, -0.2) is 15.0 Å². The van der Waals surface area contributed by atoms with Gasteiger partial charge in [0.1, 0.15) is 11.2 Å². The number of fused-ring (bicyclic) bond motifs is 3. The molecule has 49 heavy (non-hydrogen) atoms. The smallest absolute Gasteiger partial charge is 0.164 e. The lowest BCUT2D eigenvalue weighted by Gasteiger charge is -2.14. The van der Waals surface area contributed by atoms with Crippen LogP contribution < -0.4 is 0 Å². The van der Waals surface area contributed by atoms with E-state index >= 15 is 0 Å². The molecule has 10 rings (SSSR count). The highest BCUT2D eigenvalue weighted by atomic mass is 16.3. The van der Waals surface area contributed by atoms with Gasteiger partial charge in [-0.3, -0.25) is 0 Å². The van der Waals surface area contributed by atoms with E-state index in [2.05, 4.69) is 103 Å². The van der Waals surface area contributed by atoms with Crippen molar-refractivity contribution < 1.29 is 4.42 Å². The summed E-state index contributed by atoms with van der Waals surface area (Å²) in [6.45, 7) is 0. The molecule has 0 unspecified atom stereocenters. The first-order valence-corrected chi connectivity index (χ1v) is 16.4. The summed E-state index contributed by atoms with van der Waals surface area (Å²) >= 11 is 0. The van der Waals surface area contributed by atoms with Gasteiger partial charge in [-0.15, -0.1) is 0 Å². The van der Waals surface area contributed by atoms with E-state index in [-0.39, 0.29) is 0 Å². The number of nitrogens with zero attached hydrogens (tertiary/aromatic N) is 3. The van der Waals surface area contributed by atoms with Crippen LogP contribution in [0.4, 0.5) is 0 Å². The van der Waals surface area contributed by atoms with E-state index in [9.17, 15) is 0 Å². The number of aromatic nitrogens is 3. The Morgan fingerprint density at radius 3 is 1.37 bits per heavy atom. The number of hydrogen-bond donors (Lipinski definition) is 0. The van der Waals surface area contributed by atoms with Crippen LogP contribution in [0.5, 0.6) is 0 Å². The maximum atomic E-state index is 6.31. The van der Waals surface area contributed by atoms with Crippen molar-refractivity contribution in [3.63, 3.8) is 0 Å². The summed E-state index contributed by atoms with van der Waals surface area (Å²) in [5, 5.41) is 7.30. The number of furan rings is 1. The highest BCUT2D eigenvalue weighted by Gasteiger charge is 2.19. The number of hydrogen-bond acceptors (Lipinski definition) is 4. The molecule has 0 radical (unpaired) electrons. The summed E-state index contributed by atoms with van der Waals surface area (Å²) in [5.41, 5.74) is 9.27. The molecule has 0 N–H and O–H groups in total. The third-order valence-electron chi connectivity index (χ3n) is 9.47. The Morgan fingerprint density at radius 2 is 0.735 bits per heavy atom. The number of benzene rings is 8. The molecule has 0 spiro atoms. The van der Waals surface area contributed by atoms with Gasteiger partial charge in [-0.05, 0) is 68.1 Å². The van der Waals surface area contributed by atoms with E-state index in [1.807, 2.05) is 60.7 Å². The lowest BCUT2D eigenvalue weighted by Crippen LogP contribution is -2.00. The summed E-state index contributed by atoms with van der Waals surface area (Å²) < 4.78 is 6.31. The molecular weight excluding hydrogens is 599 g/mol. The summed E-state index contributed by atoms with van der Waals surface area (Å²) in [6.07, 6.45) is 0. The topological polar surface area (TPSA) is 51.8 Å². The molecule has 0 saturated heterocycles. The molecule has 228 valence electrons. The van der Waals surface area contributed by atoms with E-state index in [0.717, 1.165) is 44.5 Å². The fourth-order valence-corrected chi connectivity index (χ4v) is 7.25. The lowest BCUT2D eigenvalue weighted by atomic mass is 9.89. The zero-order chi connectivity index (χ0) is 32.3. The summed E-state index contributed by atoms with van der Waals surface area (Å²) in [7, 11) is 0. The minimum atomic E-state index is 0.640. The second kappa shape index (κ2) is 11.0. The molecule has 8 aromatic carbocycles. The molecule has 4 nitrogen and oxygen atoms in total. The molecule has 0 saturated carbocycles. The lowest BCUT2D eigenvalue weighted by molar-refractivity contribution is 0.669. The van der Waals surface area contributed by atoms with Crippen molar-refractivity contribution >= 4 is 43.5 Å². The van der Waals surface area contributed by atoms with Crippen LogP contribution >= 0.6 is 0 Å². The first-order valence-electron chi connectivity index (χ1n) is 16.4. The average Bonchev–Trinajstić information content (AvgIpc) is 3.58. The summed E-state index contributed by atoms with van der Waals surface area (Å²) in [6, 6.07) is 56.9. The molecule has 0 bridgehead atoms. The molecule has 0 aliphatic carbocycles. The molecule has 10 aromatic rings. The maximum absolute atomic E-state index is 6.31. The maximum Gasteiger partial charge on any atom is 0.164 e. The Kier molecular flexibility index (Phi) is 6.15. The highest BCUT2D eigenvalue weighted by Crippen LogP contribution is 2.45. The normalized spacial score (nSPS) is 11.7. The monoisotopic (exact) mass is 625 g/mol. The third kappa shape index (κ3) is 4.49. The van der Waals surface area contributed by atoms with Crippen molar-refractivity contribution in [2.75, 3.05) is 0 Å². The van der Waals surface area contributed by atoms with Crippen molar-refractivity contribution in [3.8, 4) is 56.4 Å². The second-order valence-corrected chi connectivity index (χ2v) is 12.4. The fourth-order valence-electron chi connectivity index (χ4n) is 7.25. The van der Waals surface area contributed by atoms with E-state index in [0.29, 0.717) is 17.5 Å². The van der Waals surface area contributed by atoms with Gasteiger partial charge in [0, 0.05) is 27.5 Å². The van der Waals surface area contributed by atoms with Crippen molar-refractivity contribution in [3.05, 3.63) is 164 Å². The van der Waals surface area contributed by atoms with E-state index in [1.54, 1.807) is 0 Å². The Balaban J connectivity index is 1.12. The minimum Gasteiger partial charge on any atom is -0.456 e. The molecule has 4 heteroatoms. The van der Waals surface area contributed by atoms with Gasteiger partial charge in [0.15, 0.2) is 17.5 Å². The molecule has 0 atom stereocenters. The molecule has 0 aliphatic heterocycles. The van der Waals surface area contributed by atoms with Crippen molar-refractivity contribution in [1.29, 1.82) is 0 Å². The van der Waals surface area contributed by atoms with Gasteiger partial charge in [-0.1, -0.05) is 140 Å². The van der Waals surface area contributed by atoms with Crippen LogP contribution in [-0.2, 0) is 0 Å². The molecule has 0 amide bonds. The third-order valence-corrected chi connectivity index (χ3v) is 9.47. The summed E-state index contributed by atoms with van der Waals surface area (Å²) in [5.74, 6) is 1.94. The van der Waals surface area contributed by atoms with E-state index < -0.39 is 0 Å². The van der Waals surface area contributed by atoms with Crippen LogP contribution in [0.1, 0.15) is 0 Å². The van der Waals surface area contributed by atoms with Gasteiger partial charge in [0.2, 0.25) is 0 Å². The van der Waals surface area contributed by atoms with Gasteiger partial charge in [0.05, 0.1) is 0 Å². The van der Waals surface area contributed by atoms with Crippen LogP contribution in [0.15, 0.2) is 168 Å². The van der Waals surface area contributed by atoms with Crippen LogP contribution in [0.25, 0.3) is 99.9 Å². The molecule has 0 fully saturated rings. The predicted octanol–water partition coefficient (Wildman–Crippen LogP) is 11.9. The van der Waals surface area contributed by atoms with Crippen molar-refractivity contribution in [1.82, 2.24) is 15.0 Å². The highest BCUT2D eigenvalue weighted by molar-refractivity contribution is 6.34. The minimum absolute atomic E-state index is 0.640. The zero-order valence-corrected chi connectivity index (χ0v) is 26.3. The molecular formula is C45H27N3O. The van der Waals surface area contributed by atoms with Gasteiger partial charge in [-0.2, -0.15) is 0 Å². The first-order chi connectivity index (χ1) is 24.3. The van der Waals surface area contributed by atoms with Crippen LogP contribution in [0, 0.1) is 0 Å².